The molecule has 24 heavy (non-hydrogen) atoms. The fourth-order valence-corrected chi connectivity index (χ4v) is 2.96. The molecule has 6 nitrogen and oxygen atoms in total. The van der Waals surface area contributed by atoms with Crippen LogP contribution in [0, 0.1) is 0 Å². The van der Waals surface area contributed by atoms with Gasteiger partial charge in [-0.05, 0) is 23.8 Å². The first-order valence-electron chi connectivity index (χ1n) is 6.97. The summed E-state index contributed by atoms with van der Waals surface area (Å²) in [4.78, 5) is 29.1. The molecule has 0 N–H and O–H groups in total. The Morgan fingerprint density at radius 1 is 1.00 bits per heavy atom. The summed E-state index contributed by atoms with van der Waals surface area (Å²) in [6.45, 7) is 0.244. The molecule has 118 valence electrons. The monoisotopic (exact) mass is 358 g/mol. The van der Waals surface area contributed by atoms with E-state index in [1.54, 1.807) is 18.2 Å². The predicted octanol–water partition coefficient (Wildman–Crippen LogP) is 2.80. The van der Waals surface area contributed by atoms with Crippen molar-refractivity contribution in [3.8, 4) is 0 Å². The number of halogens is 2. The molecule has 1 aliphatic carbocycles. The molecule has 8 heteroatoms. The third kappa shape index (κ3) is 2.23. The van der Waals surface area contributed by atoms with Crippen molar-refractivity contribution in [2.75, 3.05) is 0 Å². The number of fused-ring (bicyclic) bond motifs is 2. The normalized spacial score (nSPS) is 12.9. The molecule has 0 fully saturated rings. The molecule has 0 spiro atoms. The van der Waals surface area contributed by atoms with Crippen LogP contribution < -0.4 is 0 Å². The van der Waals surface area contributed by atoms with Gasteiger partial charge in [-0.3, -0.25) is 14.6 Å². The number of hydrogen-bond donors (Lipinski definition) is 0. The number of pyridine rings is 1. The van der Waals surface area contributed by atoms with E-state index < -0.39 is 0 Å². The zero-order chi connectivity index (χ0) is 16.8. The first-order chi connectivity index (χ1) is 11.6. The lowest BCUT2D eigenvalue weighted by atomic mass is 9.91. The van der Waals surface area contributed by atoms with Crippen molar-refractivity contribution in [1.82, 2.24) is 20.0 Å². The smallest absolute Gasteiger partial charge is 0.216 e. The van der Waals surface area contributed by atoms with E-state index in [0.717, 1.165) is 5.56 Å². The highest BCUT2D eigenvalue weighted by molar-refractivity contribution is 6.42. The maximum absolute atomic E-state index is 12.7. The summed E-state index contributed by atoms with van der Waals surface area (Å²) in [5.41, 5.74) is 1.55. The number of carbonyl (C=O) groups excluding carboxylic acids is 2. The lowest BCUT2D eigenvalue weighted by molar-refractivity contribution is 0.0970. The van der Waals surface area contributed by atoms with E-state index in [2.05, 4.69) is 15.3 Å². The van der Waals surface area contributed by atoms with Gasteiger partial charge in [-0.1, -0.05) is 34.5 Å². The van der Waals surface area contributed by atoms with E-state index in [9.17, 15) is 9.59 Å². The van der Waals surface area contributed by atoms with E-state index >= 15 is 0 Å². The van der Waals surface area contributed by atoms with Crippen LogP contribution in [0.25, 0.3) is 0 Å². The van der Waals surface area contributed by atoms with Crippen LogP contribution >= 0.6 is 23.2 Å². The highest BCUT2D eigenvalue weighted by Gasteiger charge is 2.35. The summed E-state index contributed by atoms with van der Waals surface area (Å²) in [6.07, 6.45) is 2.85. The molecule has 0 atom stereocenters. The Hall–Kier alpha value is -2.57. The van der Waals surface area contributed by atoms with E-state index in [0.29, 0.717) is 15.6 Å². The molecule has 2 heterocycles. The summed E-state index contributed by atoms with van der Waals surface area (Å²) < 4.78 is 1.39. The van der Waals surface area contributed by atoms with Gasteiger partial charge in [-0.15, -0.1) is 5.10 Å². The predicted molar refractivity (Wildman–Crippen MR) is 86.7 cm³/mol. The number of hydrogen-bond acceptors (Lipinski definition) is 5. The number of aromatic nitrogens is 4. The Balaban J connectivity index is 1.78. The standard InChI is InChI=1S/C16H8Cl2N4O2/c17-11-2-1-8(5-12(11)18)7-22-14-13(20-21-22)15(23)9-3-4-19-6-10(9)16(14)24/h1-6H,7H2. The van der Waals surface area contributed by atoms with Crippen molar-refractivity contribution in [1.29, 1.82) is 0 Å². The summed E-state index contributed by atoms with van der Waals surface area (Å²) in [5.74, 6) is -0.653. The third-order valence-electron chi connectivity index (χ3n) is 3.79. The Morgan fingerprint density at radius 3 is 2.62 bits per heavy atom. The van der Waals surface area contributed by atoms with Gasteiger partial charge in [0.2, 0.25) is 11.6 Å². The summed E-state index contributed by atoms with van der Waals surface area (Å²) in [5, 5.41) is 8.68. The summed E-state index contributed by atoms with van der Waals surface area (Å²) in [7, 11) is 0. The van der Waals surface area contributed by atoms with Crippen LogP contribution in [0.4, 0.5) is 0 Å². The minimum atomic E-state index is -0.331. The highest BCUT2D eigenvalue weighted by atomic mass is 35.5. The number of nitrogens with zero attached hydrogens (tertiary/aromatic N) is 4. The van der Waals surface area contributed by atoms with Gasteiger partial charge in [-0.2, -0.15) is 0 Å². The van der Waals surface area contributed by atoms with Crippen LogP contribution in [-0.4, -0.2) is 31.5 Å². The van der Waals surface area contributed by atoms with Crippen molar-refractivity contribution in [3.05, 3.63) is 74.8 Å². The van der Waals surface area contributed by atoms with Crippen LogP contribution in [0.5, 0.6) is 0 Å². The first-order valence-corrected chi connectivity index (χ1v) is 7.72. The Kier molecular flexibility index (Phi) is 3.44. The lowest BCUT2D eigenvalue weighted by Crippen LogP contribution is -2.24. The maximum atomic E-state index is 12.7. The number of carbonyl (C=O) groups is 2. The van der Waals surface area contributed by atoms with Gasteiger partial charge in [0.25, 0.3) is 0 Å². The minimum absolute atomic E-state index is 0.0544. The van der Waals surface area contributed by atoms with Gasteiger partial charge in [0.1, 0.15) is 5.69 Å². The largest absolute Gasteiger partial charge is 0.287 e. The van der Waals surface area contributed by atoms with Gasteiger partial charge >= 0.3 is 0 Å². The molecule has 3 aromatic rings. The second-order valence-corrected chi connectivity index (χ2v) is 6.09. The highest BCUT2D eigenvalue weighted by Crippen LogP contribution is 2.27. The van der Waals surface area contributed by atoms with Crippen molar-refractivity contribution < 1.29 is 9.59 Å². The minimum Gasteiger partial charge on any atom is -0.287 e. The van der Waals surface area contributed by atoms with Crippen LogP contribution in [0.1, 0.15) is 37.7 Å². The molecule has 2 aromatic heterocycles. The molecule has 0 bridgehead atoms. The molecular formula is C16H8Cl2N4O2. The first kappa shape index (κ1) is 15.0. The number of rotatable bonds is 2. The van der Waals surface area contributed by atoms with Gasteiger partial charge in [0.15, 0.2) is 5.69 Å². The molecular weight excluding hydrogens is 351 g/mol. The fraction of sp³-hybridized carbons (Fsp3) is 0.0625. The van der Waals surface area contributed by atoms with Gasteiger partial charge in [-0.25, -0.2) is 4.68 Å². The molecule has 0 saturated carbocycles. The van der Waals surface area contributed by atoms with E-state index in [-0.39, 0.29) is 35.1 Å². The number of benzene rings is 1. The summed E-state index contributed by atoms with van der Waals surface area (Å²) >= 11 is 11.9. The molecule has 0 amide bonds. The zero-order valence-electron chi connectivity index (χ0n) is 12.0. The number of ketones is 2. The average molecular weight is 359 g/mol. The van der Waals surface area contributed by atoms with Crippen molar-refractivity contribution in [2.45, 2.75) is 6.54 Å². The van der Waals surface area contributed by atoms with Crippen LogP contribution in [0.15, 0.2) is 36.7 Å². The van der Waals surface area contributed by atoms with Crippen LogP contribution in [0.3, 0.4) is 0 Å². The summed E-state index contributed by atoms with van der Waals surface area (Å²) in [6, 6.07) is 6.63. The SMILES string of the molecule is O=C1c2ccncc2C(=O)c2c1nnn2Cc1ccc(Cl)c(Cl)c1. The molecule has 4 rings (SSSR count). The molecule has 0 saturated heterocycles. The second-order valence-electron chi connectivity index (χ2n) is 5.27. The third-order valence-corrected chi connectivity index (χ3v) is 4.53. The molecule has 0 aliphatic heterocycles. The topological polar surface area (TPSA) is 77.7 Å². The van der Waals surface area contributed by atoms with Crippen molar-refractivity contribution in [2.24, 2.45) is 0 Å². The molecule has 1 aliphatic rings. The molecule has 0 unspecified atom stereocenters. The average Bonchev–Trinajstić information content (AvgIpc) is 3.00. The zero-order valence-corrected chi connectivity index (χ0v) is 13.5. The van der Waals surface area contributed by atoms with E-state index in [1.165, 1.54) is 23.1 Å². The molecule has 1 aromatic carbocycles. The maximum Gasteiger partial charge on any atom is 0.216 e. The van der Waals surface area contributed by atoms with Crippen molar-refractivity contribution in [3.63, 3.8) is 0 Å². The fourth-order valence-electron chi connectivity index (χ4n) is 2.64. The van der Waals surface area contributed by atoms with Crippen LogP contribution in [0.2, 0.25) is 10.0 Å². The lowest BCUT2D eigenvalue weighted by Gasteiger charge is -2.14. The van der Waals surface area contributed by atoms with Gasteiger partial charge < -0.3 is 0 Å². The van der Waals surface area contributed by atoms with Gasteiger partial charge in [0.05, 0.1) is 22.2 Å². The molecule has 0 radical (unpaired) electrons. The Morgan fingerprint density at radius 2 is 1.83 bits per heavy atom. The van der Waals surface area contributed by atoms with Crippen molar-refractivity contribution >= 4 is 34.8 Å². The quantitative estimate of drug-likeness (QED) is 0.550. The van der Waals surface area contributed by atoms with E-state index in [1.807, 2.05) is 0 Å². The second kappa shape index (κ2) is 5.51. The Bertz CT molecular complexity index is 1010. The van der Waals surface area contributed by atoms with E-state index in [4.69, 9.17) is 23.2 Å². The Labute approximate surface area is 146 Å². The van der Waals surface area contributed by atoms with Crippen LogP contribution in [-0.2, 0) is 6.54 Å². The van der Waals surface area contributed by atoms with Gasteiger partial charge in [0, 0.05) is 18.0 Å².